The summed E-state index contributed by atoms with van der Waals surface area (Å²) in [5, 5.41) is 1.44. The molecule has 0 radical (unpaired) electrons. The highest BCUT2D eigenvalue weighted by atomic mass is 79.9. The number of nitrogens with zero attached hydrogens (tertiary/aromatic N) is 3. The molecule has 0 saturated heterocycles. The molecule has 3 rings (SSSR count). The van der Waals surface area contributed by atoms with Crippen LogP contribution in [0, 0.1) is 0 Å². The van der Waals surface area contributed by atoms with Crippen LogP contribution in [0.3, 0.4) is 0 Å². The molecule has 4 N–H and O–H groups in total. The molecule has 8 heteroatoms. The number of aliphatic imine (C=N–C) groups is 2. The molecule has 0 bridgehead atoms. The van der Waals surface area contributed by atoms with Crippen LogP contribution in [-0.4, -0.2) is 35.9 Å². The molecule has 0 amide bonds. The first-order chi connectivity index (χ1) is 12.9. The van der Waals surface area contributed by atoms with Crippen LogP contribution in [0.2, 0.25) is 0 Å². The van der Waals surface area contributed by atoms with Crippen LogP contribution in [0.25, 0.3) is 0 Å². The summed E-state index contributed by atoms with van der Waals surface area (Å²) in [5.41, 5.74) is 13.3. The first-order valence-corrected chi connectivity index (χ1v) is 8.82. The minimum atomic E-state index is -0.713. The Morgan fingerprint density at radius 3 is 2.21 bits per heavy atom. The minimum Gasteiger partial charge on any atom is -0.491 e. The number of benzene rings is 2. The van der Waals surface area contributed by atoms with Gasteiger partial charge in [-0.2, -0.15) is 10.1 Å². The molecule has 0 saturated carbocycles. The van der Waals surface area contributed by atoms with Crippen molar-refractivity contribution < 1.29 is 9.57 Å². The summed E-state index contributed by atoms with van der Waals surface area (Å²) >= 11 is 0. The third kappa shape index (κ3) is 5.71. The third-order valence-corrected chi connectivity index (χ3v) is 4.07. The Kier molecular flexibility index (Phi) is 7.42. The van der Waals surface area contributed by atoms with Gasteiger partial charge in [0.2, 0.25) is 11.9 Å². The lowest BCUT2D eigenvalue weighted by atomic mass is 10.1. The summed E-state index contributed by atoms with van der Waals surface area (Å²) in [6.45, 7) is 4.36. The van der Waals surface area contributed by atoms with E-state index in [0.717, 1.165) is 12.2 Å². The largest absolute Gasteiger partial charge is 0.491 e. The average Bonchev–Trinajstić information content (AvgIpc) is 2.62. The average molecular weight is 448 g/mol. The molecule has 2 aromatic rings. The van der Waals surface area contributed by atoms with E-state index in [1.807, 2.05) is 44.2 Å². The minimum absolute atomic E-state index is 0. The van der Waals surface area contributed by atoms with Gasteiger partial charge in [0, 0.05) is 0 Å². The molecular weight excluding hydrogens is 422 g/mol. The summed E-state index contributed by atoms with van der Waals surface area (Å²) in [4.78, 5) is 13.8. The van der Waals surface area contributed by atoms with Gasteiger partial charge in [-0.05, 0) is 43.5 Å². The zero-order chi connectivity index (χ0) is 19.3. The van der Waals surface area contributed by atoms with Gasteiger partial charge < -0.3 is 16.2 Å². The van der Waals surface area contributed by atoms with Crippen molar-refractivity contribution in [3.8, 4) is 5.75 Å². The maximum Gasteiger partial charge on any atom is 0.226 e. The van der Waals surface area contributed by atoms with Crippen LogP contribution in [0.1, 0.15) is 25.0 Å². The molecule has 1 aliphatic rings. The summed E-state index contributed by atoms with van der Waals surface area (Å²) in [6, 6.07) is 18.4. The zero-order valence-electron chi connectivity index (χ0n) is 16.0. The SMILES string of the molecule is Br.CC1(C)N=C(N)N=C(N)N1OCCOc1ccc(Cc2ccccc2)cc1. The molecule has 0 atom stereocenters. The molecule has 0 spiro atoms. The molecule has 0 aromatic heterocycles. The monoisotopic (exact) mass is 447 g/mol. The van der Waals surface area contributed by atoms with Crippen molar-refractivity contribution in [2.75, 3.05) is 13.2 Å². The van der Waals surface area contributed by atoms with Crippen LogP contribution >= 0.6 is 17.0 Å². The quantitative estimate of drug-likeness (QED) is 0.635. The van der Waals surface area contributed by atoms with Crippen LogP contribution in [0.5, 0.6) is 5.75 Å². The van der Waals surface area contributed by atoms with Gasteiger partial charge in [-0.1, -0.05) is 42.5 Å². The summed E-state index contributed by atoms with van der Waals surface area (Å²) in [6.07, 6.45) is 0.899. The number of halogens is 1. The van der Waals surface area contributed by atoms with Gasteiger partial charge in [-0.15, -0.1) is 17.0 Å². The highest BCUT2D eigenvalue weighted by molar-refractivity contribution is 8.93. The molecule has 150 valence electrons. The maximum atomic E-state index is 5.87. The van der Waals surface area contributed by atoms with E-state index in [1.54, 1.807) is 0 Å². The van der Waals surface area contributed by atoms with Crippen molar-refractivity contribution in [1.29, 1.82) is 0 Å². The first-order valence-electron chi connectivity index (χ1n) is 8.82. The second-order valence-corrected chi connectivity index (χ2v) is 6.72. The van der Waals surface area contributed by atoms with Gasteiger partial charge in [-0.3, -0.25) is 4.84 Å². The van der Waals surface area contributed by atoms with E-state index in [1.165, 1.54) is 16.2 Å². The fourth-order valence-corrected chi connectivity index (χ4v) is 2.84. The number of guanidine groups is 2. The second-order valence-electron chi connectivity index (χ2n) is 6.72. The summed E-state index contributed by atoms with van der Waals surface area (Å²) in [7, 11) is 0. The predicted octanol–water partition coefficient (Wildman–Crippen LogP) is 2.85. The maximum absolute atomic E-state index is 5.87. The van der Waals surface area contributed by atoms with Gasteiger partial charge in [0.25, 0.3) is 0 Å². The fraction of sp³-hybridized carbons (Fsp3) is 0.300. The predicted molar refractivity (Wildman–Crippen MR) is 117 cm³/mol. The Morgan fingerprint density at radius 1 is 0.929 bits per heavy atom. The van der Waals surface area contributed by atoms with Crippen molar-refractivity contribution in [2.24, 2.45) is 21.5 Å². The second kappa shape index (κ2) is 9.57. The molecule has 1 heterocycles. The Morgan fingerprint density at radius 2 is 1.57 bits per heavy atom. The number of rotatable bonds is 7. The summed E-state index contributed by atoms with van der Waals surface area (Å²) < 4.78 is 5.73. The molecule has 0 aliphatic carbocycles. The van der Waals surface area contributed by atoms with Crippen molar-refractivity contribution in [3.05, 3.63) is 65.7 Å². The van der Waals surface area contributed by atoms with Gasteiger partial charge in [0.15, 0.2) is 5.66 Å². The van der Waals surface area contributed by atoms with Crippen LogP contribution in [0.4, 0.5) is 0 Å². The number of nitrogens with two attached hydrogens (primary N) is 2. The lowest BCUT2D eigenvalue weighted by Gasteiger charge is -2.36. The highest BCUT2D eigenvalue weighted by Crippen LogP contribution is 2.20. The first kappa shape index (κ1) is 21.7. The molecular formula is C20H26BrN5O2. The van der Waals surface area contributed by atoms with Crippen molar-refractivity contribution in [2.45, 2.75) is 25.9 Å². The fourth-order valence-electron chi connectivity index (χ4n) is 2.84. The zero-order valence-corrected chi connectivity index (χ0v) is 17.8. The topological polar surface area (TPSA) is 98.5 Å². The van der Waals surface area contributed by atoms with E-state index in [9.17, 15) is 0 Å². The van der Waals surface area contributed by atoms with Gasteiger partial charge >= 0.3 is 0 Å². The Balaban J connectivity index is 0.00000280. The van der Waals surface area contributed by atoms with E-state index in [0.29, 0.717) is 13.2 Å². The Hall–Kier alpha value is -2.58. The van der Waals surface area contributed by atoms with Crippen LogP contribution in [-0.2, 0) is 11.3 Å². The van der Waals surface area contributed by atoms with Crippen molar-refractivity contribution in [3.63, 3.8) is 0 Å². The van der Waals surface area contributed by atoms with E-state index >= 15 is 0 Å². The Labute approximate surface area is 175 Å². The molecule has 0 unspecified atom stereocenters. The standard InChI is InChI=1S/C20H25N5O2.BrH/c1-20(2)24-18(21)23-19(22)25(20)27-13-12-26-17-10-8-16(9-11-17)14-15-6-4-3-5-7-15;/h3-11H,12-14H2,1-2H3,(H4,21,22,23,24);1H. The number of hydroxylamine groups is 2. The van der Waals surface area contributed by atoms with E-state index in [2.05, 4.69) is 34.3 Å². The number of hydrogen-bond acceptors (Lipinski definition) is 7. The molecule has 7 nitrogen and oxygen atoms in total. The summed E-state index contributed by atoms with van der Waals surface area (Å²) in [5.74, 6) is 1.11. The molecule has 2 aromatic carbocycles. The molecule has 1 aliphatic heterocycles. The Bertz CT molecular complexity index is 822. The van der Waals surface area contributed by atoms with E-state index in [-0.39, 0.29) is 28.9 Å². The smallest absolute Gasteiger partial charge is 0.226 e. The van der Waals surface area contributed by atoms with Gasteiger partial charge in [-0.25, -0.2) is 4.99 Å². The lowest BCUT2D eigenvalue weighted by Crippen LogP contribution is -2.54. The van der Waals surface area contributed by atoms with Crippen molar-refractivity contribution >= 4 is 28.9 Å². The van der Waals surface area contributed by atoms with Crippen LogP contribution in [0.15, 0.2) is 64.6 Å². The number of ether oxygens (including phenoxy) is 1. The molecule has 28 heavy (non-hydrogen) atoms. The van der Waals surface area contributed by atoms with Crippen LogP contribution < -0.4 is 16.2 Å². The van der Waals surface area contributed by atoms with E-state index < -0.39 is 5.66 Å². The lowest BCUT2D eigenvalue weighted by molar-refractivity contribution is -0.161. The normalized spacial score (nSPS) is 15.3. The van der Waals surface area contributed by atoms with Gasteiger partial charge in [0.05, 0.1) is 0 Å². The molecule has 0 fully saturated rings. The number of hydrogen-bond donors (Lipinski definition) is 2. The van der Waals surface area contributed by atoms with Gasteiger partial charge in [0.1, 0.15) is 19.0 Å². The highest BCUT2D eigenvalue weighted by Gasteiger charge is 2.32. The van der Waals surface area contributed by atoms with E-state index in [4.69, 9.17) is 21.0 Å². The third-order valence-electron chi connectivity index (χ3n) is 4.07. The van der Waals surface area contributed by atoms with Crippen molar-refractivity contribution in [1.82, 2.24) is 5.06 Å².